The summed E-state index contributed by atoms with van der Waals surface area (Å²) in [6.45, 7) is 0.409. The highest BCUT2D eigenvalue weighted by Crippen LogP contribution is 2.40. The molecule has 1 N–H and O–H groups in total. The van der Waals surface area contributed by atoms with Crippen molar-refractivity contribution in [2.45, 2.75) is 6.54 Å². The van der Waals surface area contributed by atoms with Gasteiger partial charge in [-0.3, -0.25) is 0 Å². The maximum absolute atomic E-state index is 13.9. The molecule has 0 aliphatic heterocycles. The summed E-state index contributed by atoms with van der Waals surface area (Å²) in [7, 11) is 4.69. The van der Waals surface area contributed by atoms with E-state index >= 15 is 0 Å². The van der Waals surface area contributed by atoms with Crippen LogP contribution in [0.1, 0.15) is 5.56 Å². The van der Waals surface area contributed by atoms with Gasteiger partial charge in [0.15, 0.2) is 11.5 Å². The van der Waals surface area contributed by atoms with Gasteiger partial charge in [-0.15, -0.1) is 0 Å². The second-order valence-corrected chi connectivity index (χ2v) is 5.21. The molecule has 3 rings (SSSR count). The fourth-order valence-corrected chi connectivity index (χ4v) is 2.67. The number of hydrogen-bond acceptors (Lipinski definition) is 6. The van der Waals surface area contributed by atoms with E-state index in [-0.39, 0.29) is 11.3 Å². The van der Waals surface area contributed by atoms with Gasteiger partial charge in [0.05, 0.1) is 21.3 Å². The van der Waals surface area contributed by atoms with Gasteiger partial charge >= 0.3 is 0 Å². The molecule has 3 aromatic rings. The molecule has 0 saturated carbocycles. The molecule has 25 heavy (non-hydrogen) atoms. The van der Waals surface area contributed by atoms with Gasteiger partial charge in [-0.1, -0.05) is 6.07 Å². The Hall–Kier alpha value is -3.09. The topological polar surface area (TPSA) is 65.5 Å². The Morgan fingerprint density at radius 2 is 1.76 bits per heavy atom. The summed E-state index contributed by atoms with van der Waals surface area (Å²) < 4.78 is 30.0. The van der Waals surface area contributed by atoms with E-state index in [9.17, 15) is 4.39 Å². The van der Waals surface area contributed by atoms with Crippen LogP contribution in [0.3, 0.4) is 0 Å². The standard InChI is InChI=1S/C18H18FN3O3/c1-23-14-8-7-11(16(24-2)17(14)25-3)9-20-18-12-5-4-6-13(19)15(12)21-10-22-18/h4-8,10H,9H2,1-3H3,(H,20,21,22). The zero-order valence-corrected chi connectivity index (χ0v) is 14.2. The van der Waals surface area contributed by atoms with Gasteiger partial charge in [-0.05, 0) is 24.3 Å². The lowest BCUT2D eigenvalue weighted by atomic mass is 10.1. The van der Waals surface area contributed by atoms with Crippen LogP contribution in [0.5, 0.6) is 17.2 Å². The van der Waals surface area contributed by atoms with E-state index in [0.29, 0.717) is 35.0 Å². The predicted molar refractivity (Wildman–Crippen MR) is 92.9 cm³/mol. The highest BCUT2D eigenvalue weighted by atomic mass is 19.1. The Morgan fingerprint density at radius 1 is 0.960 bits per heavy atom. The molecular weight excluding hydrogens is 325 g/mol. The molecule has 0 radical (unpaired) electrons. The molecule has 0 bridgehead atoms. The molecule has 1 heterocycles. The van der Waals surface area contributed by atoms with Crippen LogP contribution in [-0.2, 0) is 6.54 Å². The van der Waals surface area contributed by atoms with Crippen molar-refractivity contribution in [3.05, 3.63) is 48.0 Å². The monoisotopic (exact) mass is 343 g/mol. The summed E-state index contributed by atoms with van der Waals surface area (Å²) in [6.07, 6.45) is 1.33. The SMILES string of the molecule is COc1ccc(CNc2ncnc3c(F)cccc23)c(OC)c1OC. The highest BCUT2D eigenvalue weighted by molar-refractivity contribution is 5.89. The molecule has 1 aromatic heterocycles. The van der Waals surface area contributed by atoms with Crippen LogP contribution in [0.2, 0.25) is 0 Å². The number of anilines is 1. The van der Waals surface area contributed by atoms with E-state index in [0.717, 1.165) is 5.56 Å². The normalized spacial score (nSPS) is 10.6. The molecule has 0 fully saturated rings. The summed E-state index contributed by atoms with van der Waals surface area (Å²) in [6, 6.07) is 8.44. The van der Waals surface area contributed by atoms with Gasteiger partial charge in [-0.25, -0.2) is 14.4 Å². The third-order valence-electron chi connectivity index (χ3n) is 3.85. The van der Waals surface area contributed by atoms with E-state index in [1.54, 1.807) is 39.5 Å². The number of para-hydroxylation sites is 1. The summed E-state index contributed by atoms with van der Waals surface area (Å²) in [5.74, 6) is 1.83. The molecule has 7 heteroatoms. The van der Waals surface area contributed by atoms with E-state index in [1.807, 2.05) is 6.07 Å². The molecule has 6 nitrogen and oxygen atoms in total. The minimum atomic E-state index is -0.383. The summed E-state index contributed by atoms with van der Waals surface area (Å²) in [5.41, 5.74) is 1.13. The second-order valence-electron chi connectivity index (χ2n) is 5.21. The van der Waals surface area contributed by atoms with Crippen molar-refractivity contribution < 1.29 is 18.6 Å². The van der Waals surface area contributed by atoms with Crippen LogP contribution in [0.25, 0.3) is 10.9 Å². The van der Waals surface area contributed by atoms with Gasteiger partial charge in [0, 0.05) is 17.5 Å². The van der Waals surface area contributed by atoms with Crippen molar-refractivity contribution >= 4 is 16.7 Å². The van der Waals surface area contributed by atoms with Gasteiger partial charge in [-0.2, -0.15) is 0 Å². The first-order chi connectivity index (χ1) is 12.2. The van der Waals surface area contributed by atoms with Crippen molar-refractivity contribution in [1.82, 2.24) is 9.97 Å². The third-order valence-corrected chi connectivity index (χ3v) is 3.85. The van der Waals surface area contributed by atoms with Crippen LogP contribution in [0, 0.1) is 5.82 Å². The van der Waals surface area contributed by atoms with E-state index < -0.39 is 0 Å². The number of aromatic nitrogens is 2. The van der Waals surface area contributed by atoms with E-state index in [2.05, 4.69) is 15.3 Å². The minimum absolute atomic E-state index is 0.277. The zero-order chi connectivity index (χ0) is 17.8. The van der Waals surface area contributed by atoms with Gasteiger partial charge < -0.3 is 19.5 Å². The molecule has 130 valence electrons. The van der Waals surface area contributed by atoms with Crippen molar-refractivity contribution in [2.24, 2.45) is 0 Å². The minimum Gasteiger partial charge on any atom is -0.493 e. The number of nitrogens with one attached hydrogen (secondary N) is 1. The predicted octanol–water partition coefficient (Wildman–Crippen LogP) is 3.41. The van der Waals surface area contributed by atoms with Gasteiger partial charge in [0.2, 0.25) is 5.75 Å². The fraction of sp³-hybridized carbons (Fsp3) is 0.222. The van der Waals surface area contributed by atoms with Crippen LogP contribution in [-0.4, -0.2) is 31.3 Å². The number of rotatable bonds is 6. The molecule has 0 spiro atoms. The number of nitrogens with zero attached hydrogens (tertiary/aromatic N) is 2. The van der Waals surface area contributed by atoms with Crippen molar-refractivity contribution in [2.75, 3.05) is 26.6 Å². The maximum Gasteiger partial charge on any atom is 0.203 e. The molecule has 0 aliphatic rings. The van der Waals surface area contributed by atoms with Crippen molar-refractivity contribution in [3.8, 4) is 17.2 Å². The third kappa shape index (κ3) is 3.13. The van der Waals surface area contributed by atoms with E-state index in [4.69, 9.17) is 14.2 Å². The highest BCUT2D eigenvalue weighted by Gasteiger charge is 2.16. The number of benzene rings is 2. The number of halogens is 1. The average molecular weight is 343 g/mol. The molecule has 0 aliphatic carbocycles. The first-order valence-electron chi connectivity index (χ1n) is 7.60. The zero-order valence-electron chi connectivity index (χ0n) is 14.2. The smallest absolute Gasteiger partial charge is 0.203 e. The maximum atomic E-state index is 13.9. The van der Waals surface area contributed by atoms with Gasteiger partial charge in [0.25, 0.3) is 0 Å². The van der Waals surface area contributed by atoms with Crippen LogP contribution < -0.4 is 19.5 Å². The first-order valence-corrected chi connectivity index (χ1v) is 7.60. The number of hydrogen-bond donors (Lipinski definition) is 1. The van der Waals surface area contributed by atoms with E-state index in [1.165, 1.54) is 12.4 Å². The average Bonchev–Trinajstić information content (AvgIpc) is 2.65. The fourth-order valence-electron chi connectivity index (χ4n) is 2.67. The Kier molecular flexibility index (Phi) is 4.83. The lowest BCUT2D eigenvalue weighted by Crippen LogP contribution is -2.06. The number of methoxy groups -OCH3 is 3. The van der Waals surface area contributed by atoms with Crippen LogP contribution in [0.4, 0.5) is 10.2 Å². The second kappa shape index (κ2) is 7.21. The van der Waals surface area contributed by atoms with Gasteiger partial charge in [0.1, 0.15) is 23.5 Å². The first kappa shape index (κ1) is 16.8. The molecule has 0 atom stereocenters. The molecule has 0 saturated heterocycles. The summed E-state index contributed by atoms with van der Waals surface area (Å²) >= 11 is 0. The number of fused-ring (bicyclic) bond motifs is 1. The lowest BCUT2D eigenvalue weighted by Gasteiger charge is -2.16. The Morgan fingerprint density at radius 3 is 2.48 bits per heavy atom. The molecule has 2 aromatic carbocycles. The molecule has 0 amide bonds. The number of ether oxygens (including phenoxy) is 3. The van der Waals surface area contributed by atoms with Crippen LogP contribution in [0.15, 0.2) is 36.7 Å². The molecule has 0 unspecified atom stereocenters. The lowest BCUT2D eigenvalue weighted by molar-refractivity contribution is 0.322. The summed E-state index contributed by atoms with van der Waals surface area (Å²) in [4.78, 5) is 8.20. The Bertz CT molecular complexity index is 902. The largest absolute Gasteiger partial charge is 0.493 e. The summed E-state index contributed by atoms with van der Waals surface area (Å²) in [5, 5.41) is 3.81. The Balaban J connectivity index is 1.94. The molecular formula is C18H18FN3O3. The van der Waals surface area contributed by atoms with Crippen molar-refractivity contribution in [3.63, 3.8) is 0 Å². The quantitative estimate of drug-likeness (QED) is 0.740. The Labute approximate surface area is 144 Å². The van der Waals surface area contributed by atoms with Crippen LogP contribution >= 0.6 is 0 Å². The van der Waals surface area contributed by atoms with Crippen molar-refractivity contribution in [1.29, 1.82) is 0 Å².